The third-order valence-electron chi connectivity index (χ3n) is 1.77. The molecule has 1 saturated carbocycles. The van der Waals surface area contributed by atoms with Gasteiger partial charge in [0.15, 0.2) is 0 Å². The fourth-order valence-corrected chi connectivity index (χ4v) is 1.05. The van der Waals surface area contributed by atoms with Gasteiger partial charge in [-0.05, 0) is 12.1 Å². The zero-order chi connectivity index (χ0) is 6.97. The van der Waals surface area contributed by atoms with Crippen molar-refractivity contribution in [1.82, 2.24) is 0 Å². The van der Waals surface area contributed by atoms with Gasteiger partial charge in [-0.1, -0.05) is 17.7 Å². The zero-order valence-electron chi connectivity index (χ0n) is 6.55. The fraction of sp³-hybridized carbons (Fsp3) is 0.222. The Bertz CT molecular complexity index is 226. The van der Waals surface area contributed by atoms with E-state index < -0.39 is 0 Å². The van der Waals surface area contributed by atoms with E-state index in [1.165, 1.54) is 17.7 Å². The van der Waals surface area contributed by atoms with Crippen molar-refractivity contribution in [3.05, 3.63) is 42.1 Å². The maximum atomic E-state index is 12.4. The Morgan fingerprint density at radius 2 is 1.82 bits per heavy atom. The van der Waals surface area contributed by atoms with E-state index in [4.69, 9.17) is 0 Å². The van der Waals surface area contributed by atoms with Crippen molar-refractivity contribution in [3.8, 4) is 0 Å². The summed E-state index contributed by atoms with van der Waals surface area (Å²) >= 11 is 0. The van der Waals surface area contributed by atoms with Crippen LogP contribution in [0.1, 0.15) is 17.9 Å². The average molecular weight is 174 g/mol. The summed E-state index contributed by atoms with van der Waals surface area (Å²) in [6.07, 6.45) is 3.37. The van der Waals surface area contributed by atoms with Crippen molar-refractivity contribution in [3.63, 3.8) is 0 Å². The predicted molar refractivity (Wildman–Crippen MR) is 38.1 cm³/mol. The van der Waals surface area contributed by atoms with Gasteiger partial charge in [-0.3, -0.25) is 0 Å². The normalized spacial score (nSPS) is 20.6. The summed E-state index contributed by atoms with van der Waals surface area (Å²) in [7, 11) is 0. The van der Waals surface area contributed by atoms with E-state index in [0.29, 0.717) is 5.92 Å². The number of rotatable bonds is 1. The van der Waals surface area contributed by atoms with Crippen molar-refractivity contribution in [2.45, 2.75) is 12.3 Å². The first kappa shape index (κ1) is 9.87. The van der Waals surface area contributed by atoms with Crippen LogP contribution in [0.2, 0.25) is 0 Å². The Balaban J connectivity index is 0.000000605. The van der Waals surface area contributed by atoms with Gasteiger partial charge in [-0.2, -0.15) is 12.3 Å². The zero-order valence-corrected chi connectivity index (χ0v) is 9.67. The topological polar surface area (TPSA) is 0 Å². The quantitative estimate of drug-likeness (QED) is 0.398. The molecular formula is C9H8FK. The summed E-state index contributed by atoms with van der Waals surface area (Å²) in [5.41, 5.74) is 1.24. The Labute approximate surface area is 109 Å². The van der Waals surface area contributed by atoms with Crippen LogP contribution < -0.4 is 51.4 Å². The molecule has 0 unspecified atom stereocenters. The van der Waals surface area contributed by atoms with E-state index in [-0.39, 0.29) is 57.2 Å². The Kier molecular flexibility index (Phi) is 3.72. The monoisotopic (exact) mass is 174 g/mol. The molecule has 1 atom stereocenters. The summed E-state index contributed by atoms with van der Waals surface area (Å²) in [5.74, 6) is 0.463. The van der Waals surface area contributed by atoms with Gasteiger partial charge < -0.3 is 6.42 Å². The van der Waals surface area contributed by atoms with Gasteiger partial charge in [0.2, 0.25) is 0 Å². The average Bonchev–Trinajstić information content (AvgIpc) is 2.71. The molecule has 0 spiro atoms. The van der Waals surface area contributed by atoms with Crippen LogP contribution in [0.3, 0.4) is 0 Å². The number of benzene rings is 1. The third kappa shape index (κ3) is 2.63. The summed E-state index contributed by atoms with van der Waals surface area (Å²) in [6.45, 7) is 0. The molecule has 0 nitrogen and oxygen atoms in total. The summed E-state index contributed by atoms with van der Waals surface area (Å²) < 4.78 is 12.4. The molecule has 1 aliphatic carbocycles. The minimum Gasteiger partial charge on any atom is -0.325 e. The van der Waals surface area contributed by atoms with Crippen LogP contribution in [-0.4, -0.2) is 0 Å². The van der Waals surface area contributed by atoms with E-state index in [1.54, 1.807) is 0 Å². The molecule has 2 heteroatoms. The molecule has 0 heterocycles. The number of hydrogen-bond acceptors (Lipinski definition) is 0. The van der Waals surface area contributed by atoms with Crippen molar-refractivity contribution in [2.24, 2.45) is 0 Å². The molecule has 0 radical (unpaired) electrons. The van der Waals surface area contributed by atoms with Gasteiger partial charge in [0.25, 0.3) is 0 Å². The molecule has 52 valence electrons. The van der Waals surface area contributed by atoms with Crippen molar-refractivity contribution >= 4 is 0 Å². The number of hydrogen-bond donors (Lipinski definition) is 0. The molecular weight excluding hydrogens is 166 g/mol. The maximum Gasteiger partial charge on any atom is 1.00 e. The van der Waals surface area contributed by atoms with Gasteiger partial charge in [0.05, 0.1) is 0 Å². The minimum atomic E-state index is -0.149. The SMILES string of the molecule is Fc1ccc([C@H]2[CH-]C2)cc1.[K+]. The Morgan fingerprint density at radius 1 is 1.27 bits per heavy atom. The first-order chi connectivity index (χ1) is 4.86. The summed E-state index contributed by atoms with van der Waals surface area (Å²) in [4.78, 5) is 0. The minimum absolute atomic E-state index is 0. The first-order valence-electron chi connectivity index (χ1n) is 3.45. The Hall–Kier alpha value is 0.786. The second-order valence-electron chi connectivity index (χ2n) is 2.63. The Morgan fingerprint density at radius 3 is 2.27 bits per heavy atom. The molecule has 0 aromatic heterocycles. The molecule has 1 aromatic rings. The van der Waals surface area contributed by atoms with Gasteiger partial charge in [0.1, 0.15) is 5.82 Å². The van der Waals surface area contributed by atoms with Crippen LogP contribution in [0, 0.1) is 12.2 Å². The van der Waals surface area contributed by atoms with Crippen molar-refractivity contribution in [2.75, 3.05) is 0 Å². The first-order valence-corrected chi connectivity index (χ1v) is 3.45. The number of halogens is 1. The standard InChI is InChI=1S/C9H8F.K/c10-9-5-3-8(4-6-9)7-1-2-7;/h1,3-7H,2H2;/q-1;+1/t7-;/m0./s1. The van der Waals surface area contributed by atoms with E-state index in [9.17, 15) is 4.39 Å². The molecule has 11 heavy (non-hydrogen) atoms. The molecule has 0 amide bonds. The predicted octanol–water partition coefficient (Wildman–Crippen LogP) is -0.479. The van der Waals surface area contributed by atoms with Crippen LogP contribution in [-0.2, 0) is 0 Å². The summed E-state index contributed by atoms with van der Waals surface area (Å²) in [6, 6.07) is 6.73. The largest absolute Gasteiger partial charge is 1.00 e. The van der Waals surface area contributed by atoms with Crippen LogP contribution in [0.25, 0.3) is 0 Å². The smallest absolute Gasteiger partial charge is 0.325 e. The van der Waals surface area contributed by atoms with Crippen LogP contribution in [0.5, 0.6) is 0 Å². The van der Waals surface area contributed by atoms with Gasteiger partial charge in [-0.15, -0.1) is 0 Å². The van der Waals surface area contributed by atoms with Crippen LogP contribution in [0.15, 0.2) is 24.3 Å². The van der Waals surface area contributed by atoms with Crippen molar-refractivity contribution in [1.29, 1.82) is 0 Å². The van der Waals surface area contributed by atoms with Crippen LogP contribution >= 0.6 is 0 Å². The molecule has 2 rings (SSSR count). The second kappa shape index (κ2) is 4.15. The maximum absolute atomic E-state index is 12.4. The van der Waals surface area contributed by atoms with E-state index >= 15 is 0 Å². The molecule has 0 saturated heterocycles. The van der Waals surface area contributed by atoms with Crippen molar-refractivity contribution < 1.29 is 55.8 Å². The summed E-state index contributed by atoms with van der Waals surface area (Å²) in [5, 5.41) is 0. The van der Waals surface area contributed by atoms with E-state index in [0.717, 1.165) is 6.42 Å². The van der Waals surface area contributed by atoms with Gasteiger partial charge in [-0.25, -0.2) is 4.39 Å². The van der Waals surface area contributed by atoms with Gasteiger partial charge >= 0.3 is 51.4 Å². The molecule has 0 bridgehead atoms. The molecule has 1 aliphatic rings. The van der Waals surface area contributed by atoms with E-state index in [2.05, 4.69) is 6.42 Å². The van der Waals surface area contributed by atoms with Crippen LogP contribution in [0.4, 0.5) is 4.39 Å². The molecule has 1 fully saturated rings. The van der Waals surface area contributed by atoms with Gasteiger partial charge in [0, 0.05) is 0 Å². The fourth-order valence-electron chi connectivity index (χ4n) is 1.05. The molecule has 0 aliphatic heterocycles. The van der Waals surface area contributed by atoms with E-state index in [1.807, 2.05) is 12.1 Å². The molecule has 1 aromatic carbocycles. The third-order valence-corrected chi connectivity index (χ3v) is 1.77. The molecule has 0 N–H and O–H groups in total. The second-order valence-corrected chi connectivity index (χ2v) is 2.63.